The van der Waals surface area contributed by atoms with Gasteiger partial charge in [-0.2, -0.15) is 5.26 Å². The number of carbonyl (C=O) groups is 1. The van der Waals surface area contributed by atoms with Crippen LogP contribution in [0.5, 0.6) is 11.5 Å². The second-order valence-electron chi connectivity index (χ2n) is 7.40. The monoisotopic (exact) mass is 477 g/mol. The maximum absolute atomic E-state index is 13.5. The van der Waals surface area contributed by atoms with Gasteiger partial charge in [-0.05, 0) is 35.9 Å². The molecule has 4 rings (SSSR count). The molecular weight excluding hydrogens is 454 g/mol. The fourth-order valence-corrected chi connectivity index (χ4v) is 4.76. The van der Waals surface area contributed by atoms with Gasteiger partial charge in [0, 0.05) is 13.1 Å². The van der Waals surface area contributed by atoms with Gasteiger partial charge in [-0.3, -0.25) is 14.2 Å². The largest absolute Gasteiger partial charge is 0.493 e. The number of thiazole rings is 1. The number of hydrogen-bond donors (Lipinski definition) is 0. The van der Waals surface area contributed by atoms with Crippen LogP contribution in [-0.2, 0) is 9.53 Å². The molecular formula is C25H23N3O5S. The summed E-state index contributed by atoms with van der Waals surface area (Å²) in [6.07, 6.45) is 1.71. The third-order valence-electron chi connectivity index (χ3n) is 5.38. The van der Waals surface area contributed by atoms with Crippen molar-refractivity contribution in [1.82, 2.24) is 9.47 Å². The summed E-state index contributed by atoms with van der Waals surface area (Å²) in [6.45, 7) is 1.63. The van der Waals surface area contributed by atoms with Crippen LogP contribution in [0.15, 0.2) is 53.3 Å². The van der Waals surface area contributed by atoms with Crippen LogP contribution < -0.4 is 24.2 Å². The highest BCUT2D eigenvalue weighted by Crippen LogP contribution is 2.27. The number of para-hydroxylation sites is 1. The summed E-state index contributed by atoms with van der Waals surface area (Å²) < 4.78 is 18.1. The second-order valence-corrected chi connectivity index (χ2v) is 8.43. The smallest absolute Gasteiger partial charge is 0.273 e. The molecule has 34 heavy (non-hydrogen) atoms. The highest BCUT2D eigenvalue weighted by Gasteiger charge is 2.24. The third-order valence-corrected chi connectivity index (χ3v) is 6.47. The van der Waals surface area contributed by atoms with Crippen LogP contribution in [-0.4, -0.2) is 55.9 Å². The number of rotatable bonds is 5. The zero-order valence-corrected chi connectivity index (χ0v) is 19.6. The predicted octanol–water partition coefficient (Wildman–Crippen LogP) is 1.28. The van der Waals surface area contributed by atoms with Gasteiger partial charge in [0.05, 0.1) is 37.7 Å². The average molecular weight is 478 g/mol. The number of hydrogen-bond acceptors (Lipinski definition) is 7. The van der Waals surface area contributed by atoms with E-state index in [1.54, 1.807) is 67.7 Å². The van der Waals surface area contributed by atoms with Gasteiger partial charge in [-0.15, -0.1) is 11.3 Å². The zero-order valence-electron chi connectivity index (χ0n) is 18.8. The van der Waals surface area contributed by atoms with Gasteiger partial charge < -0.3 is 19.1 Å². The maximum Gasteiger partial charge on any atom is 0.273 e. The first-order valence-corrected chi connectivity index (χ1v) is 11.4. The Morgan fingerprint density at radius 2 is 1.79 bits per heavy atom. The van der Waals surface area contributed by atoms with E-state index < -0.39 is 5.91 Å². The van der Waals surface area contributed by atoms with E-state index in [1.807, 2.05) is 12.1 Å². The number of carbonyl (C=O) groups excluding carboxylic acids is 1. The molecule has 0 unspecified atom stereocenters. The Morgan fingerprint density at radius 3 is 2.44 bits per heavy atom. The van der Waals surface area contributed by atoms with E-state index >= 15 is 0 Å². The number of morpholine rings is 1. The van der Waals surface area contributed by atoms with Crippen molar-refractivity contribution in [2.75, 3.05) is 40.5 Å². The van der Waals surface area contributed by atoms with Crippen molar-refractivity contribution in [3.8, 4) is 23.3 Å². The SMILES string of the molecule is COc1ccc(C=c2sc(=C(C#N)C(=O)N3CCOCC3)n(-c3ccccc3)c2=O)cc1OC. The molecule has 0 spiro atoms. The first-order valence-electron chi connectivity index (χ1n) is 10.6. The molecule has 9 heteroatoms. The average Bonchev–Trinajstić information content (AvgIpc) is 3.20. The van der Waals surface area contributed by atoms with Crippen molar-refractivity contribution in [3.05, 3.63) is 73.6 Å². The lowest BCUT2D eigenvalue weighted by Crippen LogP contribution is -2.42. The van der Waals surface area contributed by atoms with Crippen LogP contribution in [0, 0.1) is 11.3 Å². The Labute approximate surface area is 200 Å². The molecule has 8 nitrogen and oxygen atoms in total. The van der Waals surface area contributed by atoms with Gasteiger partial charge >= 0.3 is 0 Å². The van der Waals surface area contributed by atoms with Crippen LogP contribution in [0.25, 0.3) is 17.3 Å². The van der Waals surface area contributed by atoms with Crippen LogP contribution in [0.2, 0.25) is 0 Å². The van der Waals surface area contributed by atoms with Crippen molar-refractivity contribution < 1.29 is 19.0 Å². The molecule has 0 atom stereocenters. The van der Waals surface area contributed by atoms with Crippen molar-refractivity contribution in [2.45, 2.75) is 0 Å². The molecule has 1 aromatic heterocycles. The number of nitriles is 1. The van der Waals surface area contributed by atoms with E-state index in [0.29, 0.717) is 52.7 Å². The van der Waals surface area contributed by atoms with Crippen LogP contribution >= 0.6 is 11.3 Å². The van der Waals surface area contributed by atoms with E-state index in [-0.39, 0.29) is 11.1 Å². The molecule has 1 aliphatic rings. The van der Waals surface area contributed by atoms with Crippen molar-refractivity contribution >= 4 is 28.9 Å². The lowest BCUT2D eigenvalue weighted by atomic mass is 10.2. The number of amides is 1. The van der Waals surface area contributed by atoms with Gasteiger partial charge in [0.25, 0.3) is 11.5 Å². The minimum atomic E-state index is -0.408. The van der Waals surface area contributed by atoms with E-state index in [4.69, 9.17) is 14.2 Å². The minimum absolute atomic E-state index is 0.0696. The van der Waals surface area contributed by atoms with Gasteiger partial charge in [0.1, 0.15) is 10.7 Å². The Bertz CT molecular complexity index is 1410. The predicted molar refractivity (Wildman–Crippen MR) is 129 cm³/mol. The fraction of sp³-hybridized carbons (Fsp3) is 0.240. The second kappa shape index (κ2) is 10.4. The molecule has 0 radical (unpaired) electrons. The molecule has 0 N–H and O–H groups in total. The summed E-state index contributed by atoms with van der Waals surface area (Å²) in [5.41, 5.74) is 0.914. The molecule has 1 amide bonds. The molecule has 2 aromatic carbocycles. The Morgan fingerprint density at radius 1 is 1.09 bits per heavy atom. The summed E-state index contributed by atoms with van der Waals surface area (Å²) >= 11 is 1.11. The molecule has 3 aromatic rings. The first-order chi connectivity index (χ1) is 16.6. The Hall–Kier alpha value is -3.87. The normalized spacial score (nSPS) is 15.0. The lowest BCUT2D eigenvalue weighted by Gasteiger charge is -2.26. The highest BCUT2D eigenvalue weighted by atomic mass is 32.1. The minimum Gasteiger partial charge on any atom is -0.493 e. The number of ether oxygens (including phenoxy) is 3. The van der Waals surface area contributed by atoms with Gasteiger partial charge in [-0.1, -0.05) is 24.3 Å². The van der Waals surface area contributed by atoms with Gasteiger partial charge in [-0.25, -0.2) is 0 Å². The first kappa shape index (κ1) is 23.3. The number of nitrogens with zero attached hydrogens (tertiary/aromatic N) is 3. The summed E-state index contributed by atoms with van der Waals surface area (Å²) in [7, 11) is 3.09. The van der Waals surface area contributed by atoms with Crippen LogP contribution in [0.1, 0.15) is 5.56 Å². The number of methoxy groups -OCH3 is 2. The fourth-order valence-electron chi connectivity index (χ4n) is 3.67. The van der Waals surface area contributed by atoms with E-state index in [2.05, 4.69) is 0 Å². The van der Waals surface area contributed by atoms with Gasteiger partial charge in [0.2, 0.25) is 0 Å². The third kappa shape index (κ3) is 4.59. The van der Waals surface area contributed by atoms with E-state index in [1.165, 1.54) is 4.57 Å². The van der Waals surface area contributed by atoms with Crippen LogP contribution in [0.4, 0.5) is 0 Å². The number of benzene rings is 2. The molecule has 1 aliphatic heterocycles. The molecule has 174 valence electrons. The van der Waals surface area contributed by atoms with E-state index in [0.717, 1.165) is 16.9 Å². The van der Waals surface area contributed by atoms with Crippen molar-refractivity contribution in [3.63, 3.8) is 0 Å². The molecule has 1 fully saturated rings. The summed E-state index contributed by atoms with van der Waals surface area (Å²) in [5, 5.41) is 9.95. The molecule has 0 aliphatic carbocycles. The summed E-state index contributed by atoms with van der Waals surface area (Å²) in [5.74, 6) is 0.696. The topological polar surface area (TPSA) is 93.8 Å². The Kier molecular flexibility index (Phi) is 7.11. The molecule has 0 bridgehead atoms. The lowest BCUT2D eigenvalue weighted by molar-refractivity contribution is -0.128. The summed E-state index contributed by atoms with van der Waals surface area (Å²) in [6, 6.07) is 16.4. The Balaban J connectivity index is 1.96. The molecule has 2 heterocycles. The number of aromatic nitrogens is 1. The quantitative estimate of drug-likeness (QED) is 0.550. The standard InChI is InChI=1S/C25H23N3O5S/c1-31-20-9-8-17(14-21(20)32-2)15-22-24(30)28(18-6-4-3-5-7-18)25(34-22)19(16-26)23(29)27-10-12-33-13-11-27/h3-9,14-15H,10-13H2,1-2H3. The van der Waals surface area contributed by atoms with E-state index in [9.17, 15) is 14.9 Å². The van der Waals surface area contributed by atoms with Crippen molar-refractivity contribution in [2.24, 2.45) is 0 Å². The zero-order chi connectivity index (χ0) is 24.1. The van der Waals surface area contributed by atoms with Crippen LogP contribution in [0.3, 0.4) is 0 Å². The maximum atomic E-state index is 13.5. The molecule has 0 saturated carbocycles. The highest BCUT2D eigenvalue weighted by molar-refractivity contribution is 7.07. The summed E-state index contributed by atoms with van der Waals surface area (Å²) in [4.78, 5) is 28.3. The van der Waals surface area contributed by atoms with Crippen molar-refractivity contribution in [1.29, 1.82) is 5.26 Å². The molecule has 1 saturated heterocycles. The van der Waals surface area contributed by atoms with Gasteiger partial charge in [0.15, 0.2) is 17.1 Å².